The van der Waals surface area contributed by atoms with Crippen LogP contribution in [-0.4, -0.2) is 28.9 Å². The van der Waals surface area contributed by atoms with Gasteiger partial charge in [-0.3, -0.25) is 19.9 Å². The Balaban J connectivity index is 2.29. The molecule has 9 nitrogen and oxygen atoms in total. The van der Waals surface area contributed by atoms with Gasteiger partial charge in [-0.05, 0) is 13.0 Å². The van der Waals surface area contributed by atoms with E-state index in [1.165, 1.54) is 6.92 Å². The number of nitrogens with zero attached hydrogens (tertiary/aromatic N) is 2. The molecule has 0 unspecified atom stereocenters. The van der Waals surface area contributed by atoms with E-state index in [9.17, 15) is 22.8 Å². The molecule has 1 fully saturated rings. The fraction of sp³-hybridized carbons (Fsp3) is 0.417. The molecule has 3 atom stereocenters. The number of carbonyl (C=O) groups excluding carboxylic acids is 2. The molecule has 1 aliphatic heterocycles. The molecule has 6 N–H and O–H groups in total. The lowest BCUT2D eigenvalue weighted by Crippen LogP contribution is -2.53. The molecule has 138 valence electrons. The van der Waals surface area contributed by atoms with Crippen LogP contribution in [0.15, 0.2) is 12.3 Å². The molecule has 0 spiro atoms. The average Bonchev–Trinajstić information content (AvgIpc) is 2.93. The van der Waals surface area contributed by atoms with Gasteiger partial charge in [-0.15, -0.1) is 0 Å². The van der Waals surface area contributed by atoms with E-state index in [0.29, 0.717) is 17.3 Å². The minimum atomic E-state index is -4.65. The zero-order chi connectivity index (χ0) is 18.9. The summed E-state index contributed by atoms with van der Waals surface area (Å²) >= 11 is 5.76. The summed E-state index contributed by atoms with van der Waals surface area (Å²) in [6, 6.07) is -0.555. The van der Waals surface area contributed by atoms with Gasteiger partial charge in [0.25, 0.3) is 11.8 Å². The highest BCUT2D eigenvalue weighted by Crippen LogP contribution is 2.33. The summed E-state index contributed by atoms with van der Waals surface area (Å²) in [5.74, 6) is 7.61. The highest BCUT2D eigenvalue weighted by molar-refractivity contribution is 6.33. The smallest absolute Gasteiger partial charge is 0.297 e. The number of hydrogen-bond acceptors (Lipinski definition) is 7. The Kier molecular flexibility index (Phi) is 5.49. The monoisotopic (exact) mass is 382 g/mol. The minimum Gasteiger partial charge on any atom is -0.297 e. The number of halogens is 4. The maximum Gasteiger partial charge on any atom is 0.417 e. The molecule has 0 aromatic carbocycles. The molecule has 2 amide bonds. The number of hydroxylamine groups is 1. The lowest BCUT2D eigenvalue weighted by Gasteiger charge is -2.24. The second kappa shape index (κ2) is 7.09. The summed E-state index contributed by atoms with van der Waals surface area (Å²) in [5.41, 5.74) is 3.11. The first-order chi connectivity index (χ1) is 11.6. The lowest BCUT2D eigenvalue weighted by molar-refractivity contribution is -0.137. The van der Waals surface area contributed by atoms with Crippen LogP contribution >= 0.6 is 11.6 Å². The van der Waals surface area contributed by atoms with Crippen molar-refractivity contribution < 1.29 is 27.6 Å². The van der Waals surface area contributed by atoms with E-state index in [1.54, 1.807) is 0 Å². The van der Waals surface area contributed by atoms with Crippen LogP contribution in [0.2, 0.25) is 5.02 Å². The van der Waals surface area contributed by atoms with Crippen molar-refractivity contribution in [3.63, 3.8) is 0 Å². The molecule has 2 heterocycles. The SMILES string of the molecule is C[C@H]1ON[C@@H](C(=O)NN)[C@H]1C(=O)N(N)c1ncc(C(F)(F)F)cc1Cl. The van der Waals surface area contributed by atoms with Crippen molar-refractivity contribution in [3.05, 3.63) is 22.8 Å². The van der Waals surface area contributed by atoms with Crippen LogP contribution in [0.1, 0.15) is 12.5 Å². The van der Waals surface area contributed by atoms with Crippen molar-refractivity contribution in [2.75, 3.05) is 5.01 Å². The summed E-state index contributed by atoms with van der Waals surface area (Å²) in [6.07, 6.45) is -4.93. The standard InChI is InChI=1S/C12H14ClF3N6O3/c1-4-7(8(21-25-4)10(23)20-17)11(24)22(18)9-6(13)2-5(3-19-9)12(14,15)16/h2-4,7-8,21H,17-18H2,1H3,(H,20,23)/t4-,7+,8-/m1/s1. The predicted octanol–water partition coefficient (Wildman–Crippen LogP) is -0.141. The van der Waals surface area contributed by atoms with Crippen molar-refractivity contribution in [1.29, 1.82) is 0 Å². The molecular formula is C12H14ClF3N6O3. The number of carbonyl (C=O) groups is 2. The summed E-state index contributed by atoms with van der Waals surface area (Å²) in [6.45, 7) is 1.50. The summed E-state index contributed by atoms with van der Waals surface area (Å²) in [5, 5.41) is -0.0124. The van der Waals surface area contributed by atoms with Crippen LogP contribution in [0.4, 0.5) is 19.0 Å². The molecule has 2 rings (SSSR count). The molecule has 0 radical (unpaired) electrons. The lowest BCUT2D eigenvalue weighted by atomic mass is 9.94. The third-order valence-corrected chi connectivity index (χ3v) is 3.85. The van der Waals surface area contributed by atoms with Crippen molar-refractivity contribution >= 4 is 29.2 Å². The van der Waals surface area contributed by atoms with Crippen molar-refractivity contribution in [2.45, 2.75) is 25.2 Å². The van der Waals surface area contributed by atoms with E-state index in [4.69, 9.17) is 28.1 Å². The first kappa shape index (κ1) is 19.3. The Labute approximate surface area is 144 Å². The quantitative estimate of drug-likeness (QED) is 0.324. The fourth-order valence-electron chi connectivity index (χ4n) is 2.28. The Hall–Kier alpha value is -1.99. The second-order valence-electron chi connectivity index (χ2n) is 5.19. The van der Waals surface area contributed by atoms with E-state index >= 15 is 0 Å². The van der Waals surface area contributed by atoms with E-state index in [0.717, 1.165) is 0 Å². The van der Waals surface area contributed by atoms with Crippen molar-refractivity contribution in [1.82, 2.24) is 15.9 Å². The zero-order valence-corrected chi connectivity index (χ0v) is 13.4. The van der Waals surface area contributed by atoms with Crippen LogP contribution in [-0.2, 0) is 20.6 Å². The molecule has 1 aliphatic rings. The Morgan fingerprint density at radius 1 is 1.48 bits per heavy atom. The van der Waals surface area contributed by atoms with Gasteiger partial charge in [0.15, 0.2) is 5.82 Å². The van der Waals surface area contributed by atoms with Gasteiger partial charge in [0.2, 0.25) is 0 Å². The highest BCUT2D eigenvalue weighted by atomic mass is 35.5. The summed E-state index contributed by atoms with van der Waals surface area (Å²) in [4.78, 5) is 32.8. The van der Waals surface area contributed by atoms with Crippen LogP contribution in [0.5, 0.6) is 0 Å². The molecule has 1 saturated heterocycles. The van der Waals surface area contributed by atoms with Gasteiger partial charge in [-0.1, -0.05) is 11.6 Å². The van der Waals surface area contributed by atoms with Gasteiger partial charge < -0.3 is 0 Å². The van der Waals surface area contributed by atoms with Crippen molar-refractivity contribution in [2.24, 2.45) is 17.6 Å². The summed E-state index contributed by atoms with van der Waals surface area (Å²) in [7, 11) is 0. The average molecular weight is 383 g/mol. The number of anilines is 1. The van der Waals surface area contributed by atoms with Crippen LogP contribution in [0, 0.1) is 5.92 Å². The molecular weight excluding hydrogens is 369 g/mol. The Morgan fingerprint density at radius 3 is 2.64 bits per heavy atom. The maximum atomic E-state index is 12.6. The van der Waals surface area contributed by atoms with Crippen LogP contribution in [0.3, 0.4) is 0 Å². The number of rotatable bonds is 3. The number of hydrazine groups is 2. The van der Waals surface area contributed by atoms with E-state index < -0.39 is 52.5 Å². The first-order valence-electron chi connectivity index (χ1n) is 6.81. The third kappa shape index (κ3) is 3.82. The van der Waals surface area contributed by atoms with Gasteiger partial charge in [-0.25, -0.2) is 21.7 Å². The molecule has 0 bridgehead atoms. The largest absolute Gasteiger partial charge is 0.417 e. The maximum absolute atomic E-state index is 12.6. The Morgan fingerprint density at radius 2 is 2.12 bits per heavy atom. The molecule has 1 aromatic rings. The van der Waals surface area contributed by atoms with Gasteiger partial charge in [0, 0.05) is 6.20 Å². The molecule has 0 saturated carbocycles. The number of amides is 2. The van der Waals surface area contributed by atoms with Gasteiger partial charge >= 0.3 is 6.18 Å². The third-order valence-electron chi connectivity index (χ3n) is 3.57. The second-order valence-corrected chi connectivity index (χ2v) is 5.60. The molecule has 1 aromatic heterocycles. The van der Waals surface area contributed by atoms with Gasteiger partial charge in [0.1, 0.15) is 6.04 Å². The number of nitrogens with two attached hydrogens (primary N) is 2. The predicted molar refractivity (Wildman–Crippen MR) is 79.2 cm³/mol. The Bertz CT molecular complexity index is 689. The molecule has 13 heteroatoms. The number of pyridine rings is 1. The number of aromatic nitrogens is 1. The number of alkyl halides is 3. The van der Waals surface area contributed by atoms with Gasteiger partial charge in [0.05, 0.1) is 22.6 Å². The molecule has 0 aliphatic carbocycles. The normalized spacial score (nSPS) is 23.4. The number of hydrogen-bond donors (Lipinski definition) is 4. The van der Waals surface area contributed by atoms with Gasteiger partial charge in [-0.2, -0.15) is 18.7 Å². The highest BCUT2D eigenvalue weighted by Gasteiger charge is 2.46. The zero-order valence-electron chi connectivity index (χ0n) is 12.7. The van der Waals surface area contributed by atoms with Crippen molar-refractivity contribution in [3.8, 4) is 0 Å². The number of nitrogens with one attached hydrogen (secondary N) is 2. The minimum absolute atomic E-state index is 0.398. The van der Waals surface area contributed by atoms with Crippen LogP contribution < -0.4 is 27.6 Å². The molecule has 25 heavy (non-hydrogen) atoms. The van der Waals surface area contributed by atoms with E-state index in [1.807, 2.05) is 5.43 Å². The fourth-order valence-corrected chi connectivity index (χ4v) is 2.53. The first-order valence-corrected chi connectivity index (χ1v) is 7.18. The van der Waals surface area contributed by atoms with Crippen LogP contribution in [0.25, 0.3) is 0 Å². The summed E-state index contributed by atoms with van der Waals surface area (Å²) < 4.78 is 37.9. The van der Waals surface area contributed by atoms with E-state index in [2.05, 4.69) is 10.5 Å². The topological polar surface area (TPSA) is 136 Å². The van der Waals surface area contributed by atoms with E-state index in [-0.39, 0.29) is 0 Å².